The molecule has 9 nitrogen and oxygen atoms in total. The van der Waals surface area contributed by atoms with Crippen LogP contribution in [0.2, 0.25) is 0 Å². The van der Waals surface area contributed by atoms with Crippen LogP contribution in [-0.2, 0) is 16.1 Å². The van der Waals surface area contributed by atoms with E-state index in [0.29, 0.717) is 59.1 Å². The lowest BCUT2D eigenvalue weighted by molar-refractivity contribution is -0.132. The Hall–Kier alpha value is -4.09. The fraction of sp³-hybridized carbons (Fsp3) is 0.389. The molecule has 47 heavy (non-hydrogen) atoms. The Morgan fingerprint density at radius 3 is 2.30 bits per heavy atom. The molecule has 2 heterocycles. The summed E-state index contributed by atoms with van der Waals surface area (Å²) in [6.07, 6.45) is 2.51. The highest BCUT2D eigenvalue weighted by molar-refractivity contribution is 9.10. The van der Waals surface area contributed by atoms with Gasteiger partial charge in [0.15, 0.2) is 0 Å². The number of methoxy groups -OCH3 is 2. The number of nitrogens with zero attached hydrogens (tertiary/aromatic N) is 2. The zero-order valence-corrected chi connectivity index (χ0v) is 28.3. The predicted octanol–water partition coefficient (Wildman–Crippen LogP) is 5.60. The minimum absolute atomic E-state index is 0.00881. The van der Waals surface area contributed by atoms with Crippen LogP contribution in [0.25, 0.3) is 5.57 Å². The molecule has 1 aliphatic carbocycles. The molecule has 1 saturated carbocycles. The summed E-state index contributed by atoms with van der Waals surface area (Å²) in [6, 6.07) is 17.6. The molecule has 6 rings (SSSR count). The minimum Gasteiger partial charge on any atom is -0.497 e. The van der Waals surface area contributed by atoms with Gasteiger partial charge in [-0.25, -0.2) is 4.39 Å². The van der Waals surface area contributed by atoms with Gasteiger partial charge in [-0.15, -0.1) is 0 Å². The Morgan fingerprint density at radius 1 is 0.936 bits per heavy atom. The molecule has 0 radical (unpaired) electrons. The van der Waals surface area contributed by atoms with E-state index in [1.54, 1.807) is 27.2 Å². The first-order valence-corrected chi connectivity index (χ1v) is 16.6. The molecule has 1 N–H and O–H groups in total. The summed E-state index contributed by atoms with van der Waals surface area (Å²) in [7, 11) is 3.23. The molecular weight excluding hydrogens is 669 g/mol. The van der Waals surface area contributed by atoms with Gasteiger partial charge in [0.25, 0.3) is 5.91 Å². The van der Waals surface area contributed by atoms with Crippen LogP contribution in [0.4, 0.5) is 4.39 Å². The van der Waals surface area contributed by atoms with Gasteiger partial charge in [0.1, 0.15) is 42.0 Å². The summed E-state index contributed by atoms with van der Waals surface area (Å²) in [4.78, 5) is 30.9. The molecule has 3 aromatic rings. The molecule has 248 valence electrons. The summed E-state index contributed by atoms with van der Waals surface area (Å²) in [5, 5.41) is 3.64. The number of halogens is 2. The number of hydrogen-bond donors (Lipinski definition) is 1. The lowest BCUT2D eigenvalue weighted by Crippen LogP contribution is -2.61. The fourth-order valence-corrected chi connectivity index (χ4v) is 6.70. The number of amides is 2. The fourth-order valence-electron chi connectivity index (χ4n) is 6.34. The van der Waals surface area contributed by atoms with Crippen LogP contribution in [0, 0.1) is 5.82 Å². The van der Waals surface area contributed by atoms with Gasteiger partial charge in [-0.1, -0.05) is 12.1 Å². The summed E-state index contributed by atoms with van der Waals surface area (Å²) in [5.41, 5.74) is 3.57. The number of carbonyl (C=O) groups is 2. The van der Waals surface area contributed by atoms with Crippen molar-refractivity contribution in [2.45, 2.75) is 50.9 Å². The van der Waals surface area contributed by atoms with Crippen LogP contribution in [0.3, 0.4) is 0 Å². The highest BCUT2D eigenvalue weighted by Gasteiger charge is 2.43. The maximum Gasteiger partial charge on any atom is 0.252 e. The normalized spacial score (nSPS) is 18.9. The SMILES string of the molecule is COc1cc(CN(C(=O)C2=C(c3ccc(OCCOc4cc(F)ccc4Br)cc3)CC3CN(C(C)=O)CC2N3)C2CC2)cc(OC)c1. The highest BCUT2D eigenvalue weighted by atomic mass is 79.9. The molecule has 11 heteroatoms. The second-order valence-electron chi connectivity index (χ2n) is 12.1. The van der Waals surface area contributed by atoms with Crippen molar-refractivity contribution in [3.8, 4) is 23.0 Å². The molecule has 3 aromatic carbocycles. The van der Waals surface area contributed by atoms with Gasteiger partial charge in [0.05, 0.1) is 24.7 Å². The maximum absolute atomic E-state index is 14.7. The largest absolute Gasteiger partial charge is 0.497 e. The topological polar surface area (TPSA) is 89.6 Å². The number of hydrogen-bond acceptors (Lipinski definition) is 7. The number of benzene rings is 3. The average Bonchev–Trinajstić information content (AvgIpc) is 3.92. The summed E-state index contributed by atoms with van der Waals surface area (Å²) < 4.78 is 36.8. The van der Waals surface area contributed by atoms with E-state index in [0.717, 1.165) is 29.5 Å². The molecule has 2 fully saturated rings. The molecule has 3 aliphatic rings. The molecule has 2 bridgehead atoms. The summed E-state index contributed by atoms with van der Waals surface area (Å²) in [5.74, 6) is 2.03. The third-order valence-electron chi connectivity index (χ3n) is 8.80. The van der Waals surface area contributed by atoms with E-state index in [2.05, 4.69) is 21.2 Å². The van der Waals surface area contributed by atoms with Crippen molar-refractivity contribution in [2.75, 3.05) is 40.5 Å². The Bertz CT molecular complexity index is 1640. The number of rotatable bonds is 12. The highest BCUT2D eigenvalue weighted by Crippen LogP contribution is 2.38. The smallest absolute Gasteiger partial charge is 0.252 e. The standard InChI is InChI=1S/C36H39BrFN3O6/c1-22(42)40-20-26-17-31(24-4-9-28(10-5-24)46-12-13-47-34-16-25(38)6-11-32(34)37)35(33(21-40)39-26)36(43)41(27-7-8-27)19-23-14-29(44-2)18-30(15-23)45-3/h4-6,9-11,14-16,18,26-27,33,39H,7-8,12-13,17,19-21H2,1-3H3. The third kappa shape index (κ3) is 7.73. The van der Waals surface area contributed by atoms with Crippen LogP contribution >= 0.6 is 15.9 Å². The second kappa shape index (κ2) is 14.4. The van der Waals surface area contributed by atoms with Gasteiger partial charge >= 0.3 is 0 Å². The van der Waals surface area contributed by atoms with E-state index in [1.165, 1.54) is 12.1 Å². The van der Waals surface area contributed by atoms with E-state index >= 15 is 0 Å². The first kappa shape index (κ1) is 32.8. The van der Waals surface area contributed by atoms with Crippen LogP contribution in [0.1, 0.15) is 37.3 Å². The lowest BCUT2D eigenvalue weighted by atomic mass is 9.82. The minimum atomic E-state index is -0.372. The van der Waals surface area contributed by atoms with Gasteiger partial charge in [-0.05, 0) is 88.3 Å². The molecule has 0 spiro atoms. The Morgan fingerprint density at radius 2 is 1.64 bits per heavy atom. The van der Waals surface area contributed by atoms with Crippen LogP contribution in [-0.4, -0.2) is 80.3 Å². The van der Waals surface area contributed by atoms with Gasteiger partial charge in [-0.2, -0.15) is 0 Å². The number of carbonyl (C=O) groups excluding carboxylic acids is 2. The molecule has 2 atom stereocenters. The molecular formula is C36H39BrFN3O6. The summed E-state index contributed by atoms with van der Waals surface area (Å²) in [6.45, 7) is 3.54. The Kier molecular flexibility index (Phi) is 10.0. The third-order valence-corrected chi connectivity index (χ3v) is 9.45. The molecule has 2 unspecified atom stereocenters. The molecule has 2 amide bonds. The van der Waals surface area contributed by atoms with Crippen molar-refractivity contribution in [3.05, 3.63) is 87.7 Å². The average molecular weight is 709 g/mol. The first-order valence-electron chi connectivity index (χ1n) is 15.8. The van der Waals surface area contributed by atoms with Crippen molar-refractivity contribution in [1.82, 2.24) is 15.1 Å². The zero-order valence-electron chi connectivity index (χ0n) is 26.8. The second-order valence-corrected chi connectivity index (χ2v) is 13.0. The molecule has 1 saturated heterocycles. The number of fused-ring (bicyclic) bond motifs is 2. The molecule has 2 aliphatic heterocycles. The van der Waals surface area contributed by atoms with Gasteiger partial charge < -0.3 is 34.1 Å². The van der Waals surface area contributed by atoms with E-state index in [1.807, 2.05) is 52.3 Å². The maximum atomic E-state index is 14.7. The van der Waals surface area contributed by atoms with Crippen LogP contribution in [0.5, 0.6) is 23.0 Å². The lowest BCUT2D eigenvalue weighted by Gasteiger charge is -2.44. The quantitative estimate of drug-likeness (QED) is 0.245. The van der Waals surface area contributed by atoms with Gasteiger partial charge in [0.2, 0.25) is 5.91 Å². The zero-order chi connectivity index (χ0) is 33.1. The van der Waals surface area contributed by atoms with Crippen molar-refractivity contribution < 1.29 is 32.9 Å². The molecule has 0 aromatic heterocycles. The van der Waals surface area contributed by atoms with E-state index in [4.69, 9.17) is 18.9 Å². The first-order chi connectivity index (χ1) is 22.7. The Labute approximate surface area is 282 Å². The van der Waals surface area contributed by atoms with Crippen molar-refractivity contribution in [2.24, 2.45) is 0 Å². The van der Waals surface area contributed by atoms with Crippen molar-refractivity contribution >= 4 is 33.3 Å². The van der Waals surface area contributed by atoms with Crippen molar-refractivity contribution in [1.29, 1.82) is 0 Å². The Balaban J connectivity index is 1.24. The van der Waals surface area contributed by atoms with E-state index in [-0.39, 0.29) is 49.0 Å². The van der Waals surface area contributed by atoms with Crippen molar-refractivity contribution in [3.63, 3.8) is 0 Å². The van der Waals surface area contributed by atoms with Crippen LogP contribution in [0.15, 0.2) is 70.7 Å². The summed E-state index contributed by atoms with van der Waals surface area (Å²) >= 11 is 3.37. The van der Waals surface area contributed by atoms with Gasteiger partial charge in [0, 0.05) is 56.3 Å². The monoisotopic (exact) mass is 707 g/mol. The predicted molar refractivity (Wildman–Crippen MR) is 179 cm³/mol. The van der Waals surface area contributed by atoms with E-state index < -0.39 is 0 Å². The van der Waals surface area contributed by atoms with Crippen LogP contribution < -0.4 is 24.3 Å². The number of ether oxygens (including phenoxy) is 4. The number of piperazine rings is 1. The van der Waals surface area contributed by atoms with Gasteiger partial charge in [-0.3, -0.25) is 9.59 Å². The van der Waals surface area contributed by atoms with E-state index in [9.17, 15) is 14.0 Å². The number of nitrogens with one attached hydrogen (secondary N) is 1.